The fourth-order valence-electron chi connectivity index (χ4n) is 6.70. The number of carbonyl (C=O) groups excluding carboxylic acids is 2. The number of nitrogens with one attached hydrogen (secondary N) is 3. The summed E-state index contributed by atoms with van der Waals surface area (Å²) < 4.78 is 3.18. The van der Waals surface area contributed by atoms with E-state index in [-0.39, 0.29) is 29.5 Å². The molecule has 0 aliphatic carbocycles. The van der Waals surface area contributed by atoms with E-state index in [0.29, 0.717) is 59.0 Å². The Morgan fingerprint density at radius 3 is 1.69 bits per heavy atom. The Hall–Kier alpha value is -6.52. The molecule has 16 heteroatoms. The van der Waals surface area contributed by atoms with Gasteiger partial charge in [0, 0.05) is 85.3 Å². The number of benzene rings is 2. The van der Waals surface area contributed by atoms with Crippen molar-refractivity contribution in [1.82, 2.24) is 39.3 Å². The SMILES string of the molecule is CCn1c(=O)ccc2cnc(Nc3ccc(C(=O)N4CCC(C)CC4)cc3)nc21.CCn1c(=O)ccc2cnc(Nc3ccc(C(O)C(CO)NC(C)=O)cc3)nc21. The van der Waals surface area contributed by atoms with Gasteiger partial charge in [-0.3, -0.25) is 28.3 Å². The molecule has 16 nitrogen and oxygen atoms in total. The quantitative estimate of drug-likeness (QED) is 0.123. The number of piperidine rings is 1. The number of aliphatic hydroxyl groups excluding tert-OH is 2. The minimum atomic E-state index is -1.05. The Bertz CT molecular complexity index is 2500. The first-order valence-electron chi connectivity index (χ1n) is 19.3. The summed E-state index contributed by atoms with van der Waals surface area (Å²) in [6.45, 7) is 9.65. The van der Waals surface area contributed by atoms with E-state index in [4.69, 9.17) is 0 Å². The normalized spacial score (nSPS) is 14.0. The number of aliphatic hydroxyl groups is 2. The molecule has 0 spiro atoms. The topological polar surface area (TPSA) is 209 Å². The zero-order valence-electron chi connectivity index (χ0n) is 32.9. The highest BCUT2D eigenvalue weighted by Crippen LogP contribution is 2.23. The fourth-order valence-corrected chi connectivity index (χ4v) is 6.70. The van der Waals surface area contributed by atoms with Crippen LogP contribution in [-0.4, -0.2) is 81.7 Å². The third-order valence-corrected chi connectivity index (χ3v) is 10.0. The van der Waals surface area contributed by atoms with Gasteiger partial charge in [-0.2, -0.15) is 9.97 Å². The van der Waals surface area contributed by atoms with Gasteiger partial charge in [0.25, 0.3) is 17.0 Å². The predicted molar refractivity (Wildman–Crippen MR) is 222 cm³/mol. The average Bonchev–Trinajstić information content (AvgIpc) is 3.23. The predicted octanol–water partition coefficient (Wildman–Crippen LogP) is 4.51. The van der Waals surface area contributed by atoms with E-state index in [1.54, 1.807) is 57.9 Å². The summed E-state index contributed by atoms with van der Waals surface area (Å²) in [5.41, 5.74) is 3.64. The zero-order valence-corrected chi connectivity index (χ0v) is 32.9. The highest BCUT2D eigenvalue weighted by molar-refractivity contribution is 5.94. The second-order valence-electron chi connectivity index (χ2n) is 14.1. The number of likely N-dealkylation sites (tertiary alicyclic amines) is 1. The highest BCUT2D eigenvalue weighted by Gasteiger charge is 2.22. The van der Waals surface area contributed by atoms with Gasteiger partial charge in [-0.15, -0.1) is 0 Å². The third kappa shape index (κ3) is 9.70. The number of aryl methyl sites for hydroxylation is 2. The number of hydrogen-bond acceptors (Lipinski definition) is 12. The zero-order chi connectivity index (χ0) is 41.3. The Labute approximate surface area is 334 Å². The molecule has 58 heavy (non-hydrogen) atoms. The average molecular weight is 789 g/mol. The van der Waals surface area contributed by atoms with Gasteiger partial charge >= 0.3 is 0 Å². The smallest absolute Gasteiger partial charge is 0.253 e. The van der Waals surface area contributed by atoms with Gasteiger partial charge < -0.3 is 31.1 Å². The van der Waals surface area contributed by atoms with Crippen LogP contribution in [0.1, 0.15) is 62.6 Å². The first-order valence-corrected chi connectivity index (χ1v) is 19.3. The van der Waals surface area contributed by atoms with Crippen molar-refractivity contribution in [2.24, 2.45) is 5.92 Å². The van der Waals surface area contributed by atoms with E-state index in [1.807, 2.05) is 43.0 Å². The minimum Gasteiger partial charge on any atom is -0.394 e. The number of amides is 2. The van der Waals surface area contributed by atoms with Crippen LogP contribution in [0.4, 0.5) is 23.3 Å². The summed E-state index contributed by atoms with van der Waals surface area (Å²) in [5, 5.41) is 30.1. The number of pyridine rings is 2. The molecule has 5 heterocycles. The largest absolute Gasteiger partial charge is 0.394 e. The Morgan fingerprint density at radius 1 is 0.759 bits per heavy atom. The molecule has 0 saturated carbocycles. The number of anilines is 4. The van der Waals surface area contributed by atoms with Crippen molar-refractivity contribution in [3.05, 3.63) is 117 Å². The Balaban J connectivity index is 0.000000196. The lowest BCUT2D eigenvalue weighted by Crippen LogP contribution is -2.40. The van der Waals surface area contributed by atoms with Crippen molar-refractivity contribution >= 4 is 57.2 Å². The molecular weight excluding hydrogens is 741 g/mol. The molecule has 1 fully saturated rings. The van der Waals surface area contributed by atoms with Crippen LogP contribution in [0.2, 0.25) is 0 Å². The fraction of sp³-hybridized carbons (Fsp3) is 0.333. The maximum Gasteiger partial charge on any atom is 0.253 e. The highest BCUT2D eigenvalue weighted by atomic mass is 16.3. The Kier molecular flexibility index (Phi) is 13.2. The van der Waals surface area contributed by atoms with Gasteiger partial charge in [-0.25, -0.2) is 9.97 Å². The summed E-state index contributed by atoms with van der Waals surface area (Å²) in [6.07, 6.45) is 4.43. The molecule has 4 aromatic heterocycles. The van der Waals surface area contributed by atoms with Crippen LogP contribution >= 0.6 is 0 Å². The first kappa shape index (κ1) is 41.1. The van der Waals surface area contributed by atoms with E-state index >= 15 is 0 Å². The molecule has 1 aliphatic rings. The lowest BCUT2D eigenvalue weighted by Gasteiger charge is -2.30. The summed E-state index contributed by atoms with van der Waals surface area (Å²) in [6, 6.07) is 19.8. The third-order valence-electron chi connectivity index (χ3n) is 10.0. The second kappa shape index (κ2) is 18.6. The Morgan fingerprint density at radius 2 is 1.24 bits per heavy atom. The molecular formula is C42H48N10O6. The maximum atomic E-state index is 12.7. The molecule has 5 N–H and O–H groups in total. The number of aromatic nitrogens is 6. The molecule has 2 amide bonds. The van der Waals surface area contributed by atoms with E-state index in [0.717, 1.165) is 42.4 Å². The molecule has 0 bridgehead atoms. The van der Waals surface area contributed by atoms with Crippen LogP contribution < -0.4 is 27.1 Å². The summed E-state index contributed by atoms with van der Waals surface area (Å²) in [4.78, 5) is 67.4. The van der Waals surface area contributed by atoms with Crippen LogP contribution in [0.15, 0.2) is 94.8 Å². The molecule has 302 valence electrons. The molecule has 1 aliphatic heterocycles. The van der Waals surface area contributed by atoms with Crippen molar-refractivity contribution in [2.45, 2.75) is 65.8 Å². The lowest BCUT2D eigenvalue weighted by molar-refractivity contribution is -0.121. The van der Waals surface area contributed by atoms with Gasteiger partial charge in [0.05, 0.1) is 12.6 Å². The standard InChI is InChI=1S/C22H25N5O2.C20H23N5O4/c1-3-27-19(28)9-6-17-14-23-22(25-20(17)27)24-18-7-4-16(5-8-18)21(29)26-12-10-15(2)11-13-26;1-3-25-17(28)9-6-14-10-21-20(24-19(14)25)23-15-7-4-13(5-8-15)18(29)16(11-26)22-12(2)27/h4-9,14-15H,3,10-13H2,1-2H3,(H,23,24,25);4-10,16,18,26,29H,3,11H2,1-2H3,(H,22,27)(H,21,23,24). The van der Waals surface area contributed by atoms with E-state index < -0.39 is 12.1 Å². The number of hydrogen-bond donors (Lipinski definition) is 5. The molecule has 7 rings (SSSR count). The van der Waals surface area contributed by atoms with Crippen molar-refractivity contribution in [2.75, 3.05) is 30.3 Å². The molecule has 0 radical (unpaired) electrons. The van der Waals surface area contributed by atoms with Gasteiger partial charge in [-0.05, 0) is 86.7 Å². The van der Waals surface area contributed by atoms with Crippen molar-refractivity contribution in [1.29, 1.82) is 0 Å². The molecule has 2 unspecified atom stereocenters. The maximum absolute atomic E-state index is 12.7. The number of carbonyl (C=O) groups is 2. The van der Waals surface area contributed by atoms with Gasteiger partial charge in [0.1, 0.15) is 17.4 Å². The van der Waals surface area contributed by atoms with Crippen LogP contribution in [0, 0.1) is 5.92 Å². The van der Waals surface area contributed by atoms with Crippen molar-refractivity contribution in [3.8, 4) is 0 Å². The second-order valence-corrected chi connectivity index (χ2v) is 14.1. The summed E-state index contributed by atoms with van der Waals surface area (Å²) >= 11 is 0. The van der Waals surface area contributed by atoms with Crippen molar-refractivity contribution < 1.29 is 19.8 Å². The van der Waals surface area contributed by atoms with Crippen molar-refractivity contribution in [3.63, 3.8) is 0 Å². The van der Waals surface area contributed by atoms with E-state index in [9.17, 15) is 29.4 Å². The van der Waals surface area contributed by atoms with E-state index in [1.165, 1.54) is 19.1 Å². The first-order chi connectivity index (χ1) is 28.0. The van der Waals surface area contributed by atoms with Crippen LogP contribution in [0.5, 0.6) is 0 Å². The molecule has 2 atom stereocenters. The van der Waals surface area contributed by atoms with Gasteiger partial charge in [0.15, 0.2) is 0 Å². The number of fused-ring (bicyclic) bond motifs is 2. The molecule has 6 aromatic rings. The molecule has 1 saturated heterocycles. The lowest BCUT2D eigenvalue weighted by atomic mass is 9.98. The van der Waals surface area contributed by atoms with Crippen LogP contribution in [0.3, 0.4) is 0 Å². The van der Waals surface area contributed by atoms with E-state index in [2.05, 4.69) is 42.8 Å². The molecule has 2 aromatic carbocycles. The van der Waals surface area contributed by atoms with Gasteiger partial charge in [-0.1, -0.05) is 19.1 Å². The summed E-state index contributed by atoms with van der Waals surface area (Å²) in [5.74, 6) is 1.19. The monoisotopic (exact) mass is 788 g/mol. The van der Waals surface area contributed by atoms with Gasteiger partial charge in [0.2, 0.25) is 17.8 Å². The van der Waals surface area contributed by atoms with Crippen LogP contribution in [0.25, 0.3) is 22.1 Å². The minimum absolute atomic E-state index is 0.0809. The number of rotatable bonds is 11. The number of nitrogens with zero attached hydrogens (tertiary/aromatic N) is 7. The van der Waals surface area contributed by atoms with Crippen LogP contribution in [-0.2, 0) is 17.9 Å². The summed E-state index contributed by atoms with van der Waals surface area (Å²) in [7, 11) is 0.